The van der Waals surface area contributed by atoms with Gasteiger partial charge in [0.1, 0.15) is 5.82 Å². The summed E-state index contributed by atoms with van der Waals surface area (Å²) in [4.78, 5) is 0. The lowest BCUT2D eigenvalue weighted by atomic mass is 9.70. The predicted molar refractivity (Wildman–Crippen MR) is 194 cm³/mol. The van der Waals surface area contributed by atoms with E-state index in [1.807, 2.05) is 24.3 Å². The first-order valence-electron chi connectivity index (χ1n) is 18.7. The number of aryl methyl sites for hydroxylation is 1. The van der Waals surface area contributed by atoms with E-state index < -0.39 is 11.6 Å². The molecule has 0 aromatic heterocycles. The minimum atomic E-state index is -0.788. The quantitative estimate of drug-likeness (QED) is 0.115. The van der Waals surface area contributed by atoms with E-state index in [9.17, 15) is 4.39 Å². The summed E-state index contributed by atoms with van der Waals surface area (Å²) in [6.45, 7) is 4.31. The van der Waals surface area contributed by atoms with Crippen molar-refractivity contribution in [2.45, 2.75) is 123 Å². The number of benzene rings is 3. The fourth-order valence-corrected chi connectivity index (χ4v) is 8.05. The average molecular weight is 641 g/mol. The van der Waals surface area contributed by atoms with Gasteiger partial charge in [0, 0.05) is 11.1 Å². The second kappa shape index (κ2) is 17.9. The van der Waals surface area contributed by atoms with Gasteiger partial charge in [0.2, 0.25) is 0 Å². The molecule has 0 N–H and O–H groups in total. The summed E-state index contributed by atoms with van der Waals surface area (Å²) < 4.78 is 45.6. The van der Waals surface area contributed by atoms with Crippen molar-refractivity contribution in [3.8, 4) is 22.3 Å². The molecule has 0 radical (unpaired) electrons. The zero-order valence-electron chi connectivity index (χ0n) is 28.8. The fraction of sp³-hybridized carbons (Fsp3) is 0.500. The van der Waals surface area contributed by atoms with Gasteiger partial charge in [0.25, 0.3) is 0 Å². The highest BCUT2D eigenvalue weighted by Crippen LogP contribution is 2.42. The molecule has 3 aromatic rings. The molecule has 2 aliphatic carbocycles. The van der Waals surface area contributed by atoms with Crippen LogP contribution in [0.5, 0.6) is 0 Å². The zero-order chi connectivity index (χ0) is 33.0. The van der Waals surface area contributed by atoms with Gasteiger partial charge in [-0.3, -0.25) is 0 Å². The Morgan fingerprint density at radius 1 is 0.681 bits per heavy atom. The van der Waals surface area contributed by atoms with Crippen LogP contribution in [0.3, 0.4) is 0 Å². The molecule has 0 nitrogen and oxygen atoms in total. The Hall–Kier alpha value is -3.07. The molecule has 1 fully saturated rings. The van der Waals surface area contributed by atoms with Crippen molar-refractivity contribution >= 4 is 5.57 Å². The first-order valence-corrected chi connectivity index (χ1v) is 18.7. The third-order valence-corrected chi connectivity index (χ3v) is 11.0. The number of hydrogen-bond acceptors (Lipinski definition) is 0. The molecule has 47 heavy (non-hydrogen) atoms. The Labute approximate surface area is 282 Å². The number of allylic oxidation sites excluding steroid dienone is 4. The van der Waals surface area contributed by atoms with E-state index in [0.717, 1.165) is 73.0 Å². The fourth-order valence-electron chi connectivity index (χ4n) is 8.05. The summed E-state index contributed by atoms with van der Waals surface area (Å²) in [5.41, 5.74) is 4.82. The van der Waals surface area contributed by atoms with Crippen LogP contribution in [0.2, 0.25) is 0 Å². The Kier molecular flexibility index (Phi) is 13.4. The van der Waals surface area contributed by atoms with Gasteiger partial charge in [0.15, 0.2) is 11.6 Å². The Morgan fingerprint density at radius 2 is 1.36 bits per heavy atom. The molecule has 1 saturated carbocycles. The molecule has 3 aromatic carbocycles. The van der Waals surface area contributed by atoms with Crippen LogP contribution in [0.1, 0.15) is 128 Å². The third-order valence-electron chi connectivity index (χ3n) is 11.0. The van der Waals surface area contributed by atoms with E-state index >= 15 is 8.78 Å². The van der Waals surface area contributed by atoms with Crippen LogP contribution in [-0.4, -0.2) is 0 Å². The number of halogens is 3. The van der Waals surface area contributed by atoms with E-state index in [-0.39, 0.29) is 11.4 Å². The topological polar surface area (TPSA) is 0 Å². The van der Waals surface area contributed by atoms with Crippen LogP contribution in [0, 0.1) is 35.2 Å². The van der Waals surface area contributed by atoms with Gasteiger partial charge in [0.05, 0.1) is 0 Å². The number of rotatable bonds is 15. The molecule has 1 unspecified atom stereocenters. The highest BCUT2D eigenvalue weighted by atomic mass is 19.2. The zero-order valence-corrected chi connectivity index (χ0v) is 28.8. The van der Waals surface area contributed by atoms with E-state index in [4.69, 9.17) is 0 Å². The maximum absolute atomic E-state index is 15.5. The minimum Gasteiger partial charge on any atom is -0.206 e. The maximum Gasteiger partial charge on any atom is 0.166 e. The van der Waals surface area contributed by atoms with Gasteiger partial charge in [-0.25, -0.2) is 13.2 Å². The highest BCUT2D eigenvalue weighted by Gasteiger charge is 2.29. The summed E-state index contributed by atoms with van der Waals surface area (Å²) in [5, 5.41) is 0. The van der Waals surface area contributed by atoms with Gasteiger partial charge < -0.3 is 0 Å². The van der Waals surface area contributed by atoms with Crippen molar-refractivity contribution < 1.29 is 13.2 Å². The molecule has 0 heterocycles. The van der Waals surface area contributed by atoms with E-state index in [0.29, 0.717) is 23.1 Å². The standard InChI is InChI=1S/C44H55F3/c1-3-5-7-8-9-10-12-14-38-27-30-41(44(47)43(38)46)37-25-21-35(22-26-37)39-28-29-40(42(45)31-39)36-23-19-34(20-24-36)33-17-15-32(16-18-33)13-11-6-4-2/h4,6,21-23,25-34H,3,5,7-20,24H2,1-2H3/b6-4+. The Morgan fingerprint density at radius 3 is 2.04 bits per heavy atom. The lowest BCUT2D eigenvalue weighted by Gasteiger charge is -2.35. The minimum absolute atomic E-state index is 0.192. The molecular weight excluding hydrogens is 585 g/mol. The van der Waals surface area contributed by atoms with Gasteiger partial charge in [-0.15, -0.1) is 0 Å². The summed E-state index contributed by atoms with van der Waals surface area (Å²) in [7, 11) is 0. The van der Waals surface area contributed by atoms with Crippen LogP contribution in [0.25, 0.3) is 27.8 Å². The SMILES string of the molecule is C/C=C/CCC1CCC(C2CC=C(c3ccc(-c4ccc(-c5ccc(CCCCCCCCC)c(F)c5F)cc4)cc3F)CC2)CC1. The van der Waals surface area contributed by atoms with Gasteiger partial charge in [-0.1, -0.05) is 125 Å². The summed E-state index contributed by atoms with van der Waals surface area (Å²) in [6.07, 6.45) is 26.5. The van der Waals surface area contributed by atoms with Crippen molar-refractivity contribution in [2.24, 2.45) is 17.8 Å². The summed E-state index contributed by atoms with van der Waals surface area (Å²) >= 11 is 0. The molecular formula is C44H55F3. The first-order chi connectivity index (χ1) is 23.0. The molecule has 5 rings (SSSR count). The van der Waals surface area contributed by atoms with Gasteiger partial charge in [-0.2, -0.15) is 0 Å². The lowest BCUT2D eigenvalue weighted by molar-refractivity contribution is 0.190. The monoisotopic (exact) mass is 640 g/mol. The normalized spacial score (nSPS) is 20.1. The highest BCUT2D eigenvalue weighted by molar-refractivity contribution is 5.74. The van der Waals surface area contributed by atoms with E-state index in [2.05, 4.69) is 32.1 Å². The molecule has 0 saturated heterocycles. The molecule has 0 amide bonds. The van der Waals surface area contributed by atoms with Crippen molar-refractivity contribution in [1.29, 1.82) is 0 Å². The van der Waals surface area contributed by atoms with Crippen molar-refractivity contribution in [3.63, 3.8) is 0 Å². The smallest absolute Gasteiger partial charge is 0.166 e. The molecule has 0 aliphatic heterocycles. The van der Waals surface area contributed by atoms with Crippen LogP contribution < -0.4 is 0 Å². The van der Waals surface area contributed by atoms with Crippen LogP contribution in [-0.2, 0) is 6.42 Å². The third kappa shape index (κ3) is 9.52. The molecule has 2 aliphatic rings. The van der Waals surface area contributed by atoms with Crippen LogP contribution >= 0.6 is 0 Å². The van der Waals surface area contributed by atoms with Crippen molar-refractivity contribution in [3.05, 3.63) is 101 Å². The molecule has 0 bridgehead atoms. The largest absolute Gasteiger partial charge is 0.206 e. The van der Waals surface area contributed by atoms with Gasteiger partial charge in [-0.05, 0) is 116 Å². The van der Waals surface area contributed by atoms with E-state index in [1.165, 1.54) is 64.2 Å². The Balaban J connectivity index is 1.15. The lowest BCUT2D eigenvalue weighted by Crippen LogP contribution is -2.23. The van der Waals surface area contributed by atoms with Crippen LogP contribution in [0.15, 0.2) is 72.8 Å². The average Bonchev–Trinajstić information content (AvgIpc) is 3.10. The second-order valence-corrected chi connectivity index (χ2v) is 14.2. The van der Waals surface area contributed by atoms with Crippen molar-refractivity contribution in [2.75, 3.05) is 0 Å². The molecule has 0 spiro atoms. The van der Waals surface area contributed by atoms with Gasteiger partial charge >= 0.3 is 0 Å². The second-order valence-electron chi connectivity index (χ2n) is 14.2. The molecule has 252 valence electrons. The molecule has 3 heteroatoms. The summed E-state index contributed by atoms with van der Waals surface area (Å²) in [6, 6.07) is 16.3. The van der Waals surface area contributed by atoms with E-state index in [1.54, 1.807) is 30.3 Å². The van der Waals surface area contributed by atoms with Crippen LogP contribution in [0.4, 0.5) is 13.2 Å². The summed E-state index contributed by atoms with van der Waals surface area (Å²) in [5.74, 6) is 0.726. The molecule has 1 atom stereocenters. The maximum atomic E-state index is 15.5. The predicted octanol–water partition coefficient (Wildman–Crippen LogP) is 14.1. The first kappa shape index (κ1) is 35.2. The number of unbranched alkanes of at least 4 members (excludes halogenated alkanes) is 6. The van der Waals surface area contributed by atoms with Crippen molar-refractivity contribution in [1.82, 2.24) is 0 Å². The number of hydrogen-bond donors (Lipinski definition) is 0. The Bertz CT molecular complexity index is 1470.